The monoisotopic (exact) mass is 277 g/mol. The van der Waals surface area contributed by atoms with Crippen molar-refractivity contribution in [3.63, 3.8) is 0 Å². The van der Waals surface area contributed by atoms with Crippen LogP contribution in [0.5, 0.6) is 0 Å². The van der Waals surface area contributed by atoms with Gasteiger partial charge in [0.2, 0.25) is 0 Å². The molecule has 0 saturated carbocycles. The Hall–Kier alpha value is 0.287. The Morgan fingerprint density at radius 3 is 2.24 bits per heavy atom. The number of nitrogens with zero attached hydrogens (tertiary/aromatic N) is 1. The number of hydrogen-bond donors (Lipinski definition) is 0. The lowest BCUT2D eigenvalue weighted by Gasteiger charge is -2.37. The lowest BCUT2D eigenvalue weighted by molar-refractivity contribution is 0.208. The Morgan fingerprint density at radius 1 is 1.24 bits per heavy atom. The van der Waals surface area contributed by atoms with E-state index in [2.05, 4.69) is 38.8 Å². The third-order valence-electron chi connectivity index (χ3n) is 3.95. The molecule has 17 heavy (non-hydrogen) atoms. The van der Waals surface area contributed by atoms with E-state index < -0.39 is 19.1 Å². The van der Waals surface area contributed by atoms with Gasteiger partial charge in [0.15, 0.2) is 8.32 Å². The lowest BCUT2D eigenvalue weighted by atomic mass is 10.2. The topological polar surface area (TPSA) is 29.5 Å². The Kier molecular flexibility index (Phi) is 5.37. The van der Waals surface area contributed by atoms with Crippen LogP contribution in [-0.2, 0) is 15.2 Å². The van der Waals surface area contributed by atoms with Crippen LogP contribution in [0.4, 0.5) is 0 Å². The van der Waals surface area contributed by atoms with Crippen molar-refractivity contribution in [2.45, 2.75) is 38.9 Å². The molecule has 0 bridgehead atoms. The van der Waals surface area contributed by atoms with E-state index in [9.17, 15) is 4.21 Å². The van der Waals surface area contributed by atoms with E-state index >= 15 is 0 Å². The molecular weight excluding hydrogens is 250 g/mol. The van der Waals surface area contributed by atoms with Crippen LogP contribution in [-0.4, -0.2) is 55.2 Å². The van der Waals surface area contributed by atoms with Crippen LogP contribution in [0, 0.1) is 0 Å². The van der Waals surface area contributed by atoms with Crippen molar-refractivity contribution in [3.05, 3.63) is 0 Å². The third-order valence-corrected chi connectivity index (χ3v) is 9.76. The summed E-state index contributed by atoms with van der Waals surface area (Å²) in [6, 6.07) is 0. The normalized spacial score (nSPS) is 20.8. The van der Waals surface area contributed by atoms with E-state index in [0.29, 0.717) is 0 Å². The molecule has 0 aromatic heterocycles. The predicted molar refractivity (Wildman–Crippen MR) is 77.5 cm³/mol. The zero-order valence-electron chi connectivity index (χ0n) is 11.9. The summed E-state index contributed by atoms with van der Waals surface area (Å²) < 4.78 is 17.4. The SMILES string of the molecule is CC(C)(C)[Si](C)(C)OCCN1CCS(=O)CC1. The highest BCUT2D eigenvalue weighted by molar-refractivity contribution is 7.85. The van der Waals surface area contributed by atoms with Crippen molar-refractivity contribution in [2.75, 3.05) is 37.7 Å². The summed E-state index contributed by atoms with van der Waals surface area (Å²) >= 11 is 0. The molecule has 1 saturated heterocycles. The second kappa shape index (κ2) is 5.95. The minimum Gasteiger partial charge on any atom is -0.416 e. The zero-order chi connectivity index (χ0) is 13.1. The predicted octanol–water partition coefficient (Wildman–Crippen LogP) is 2.07. The second-order valence-corrected chi connectivity index (χ2v) is 12.8. The van der Waals surface area contributed by atoms with E-state index in [4.69, 9.17) is 4.43 Å². The van der Waals surface area contributed by atoms with Gasteiger partial charge in [-0.3, -0.25) is 9.11 Å². The molecule has 0 N–H and O–H groups in total. The number of hydrogen-bond acceptors (Lipinski definition) is 3. The molecule has 0 radical (unpaired) electrons. The molecule has 5 heteroatoms. The standard InChI is InChI=1S/C12H27NO2SSi/c1-12(2,3)17(4,5)15-9-6-13-7-10-16(14)11-8-13/h6-11H2,1-5H3. The highest BCUT2D eigenvalue weighted by Gasteiger charge is 2.37. The molecule has 1 rings (SSSR count). The molecule has 1 aliphatic rings. The van der Waals surface area contributed by atoms with Crippen LogP contribution < -0.4 is 0 Å². The fourth-order valence-electron chi connectivity index (χ4n) is 1.55. The Labute approximate surface area is 109 Å². The van der Waals surface area contributed by atoms with Gasteiger partial charge in [0, 0.05) is 48.5 Å². The van der Waals surface area contributed by atoms with Gasteiger partial charge in [-0.15, -0.1) is 0 Å². The van der Waals surface area contributed by atoms with Gasteiger partial charge < -0.3 is 4.43 Å². The first kappa shape index (κ1) is 15.3. The Bertz CT molecular complexity index is 266. The fraction of sp³-hybridized carbons (Fsp3) is 1.00. The molecule has 3 nitrogen and oxygen atoms in total. The van der Waals surface area contributed by atoms with Crippen LogP contribution in [0.1, 0.15) is 20.8 Å². The van der Waals surface area contributed by atoms with E-state index in [0.717, 1.165) is 37.7 Å². The highest BCUT2D eigenvalue weighted by Crippen LogP contribution is 2.36. The molecule has 0 aliphatic carbocycles. The largest absolute Gasteiger partial charge is 0.416 e. The summed E-state index contributed by atoms with van der Waals surface area (Å²) in [7, 11) is -2.16. The molecule has 0 amide bonds. The molecule has 102 valence electrons. The second-order valence-electron chi connectivity index (χ2n) is 6.30. The van der Waals surface area contributed by atoms with Gasteiger partial charge in [-0.05, 0) is 18.1 Å². The minimum atomic E-state index is -1.59. The van der Waals surface area contributed by atoms with Crippen LogP contribution in [0.25, 0.3) is 0 Å². The summed E-state index contributed by atoms with van der Waals surface area (Å²) in [5, 5.41) is 0.288. The molecule has 1 aliphatic heterocycles. The molecule has 1 fully saturated rings. The molecule has 1 heterocycles. The maximum Gasteiger partial charge on any atom is 0.192 e. The van der Waals surface area contributed by atoms with E-state index in [-0.39, 0.29) is 5.04 Å². The molecule has 0 spiro atoms. The molecule has 0 aromatic carbocycles. The molecule has 0 aromatic rings. The average Bonchev–Trinajstić information content (AvgIpc) is 2.19. The van der Waals surface area contributed by atoms with Gasteiger partial charge in [-0.25, -0.2) is 0 Å². The van der Waals surface area contributed by atoms with Crippen LogP contribution in [0.3, 0.4) is 0 Å². The van der Waals surface area contributed by atoms with Gasteiger partial charge in [-0.2, -0.15) is 0 Å². The summed E-state index contributed by atoms with van der Waals surface area (Å²) in [6.07, 6.45) is 0. The van der Waals surface area contributed by atoms with E-state index in [1.165, 1.54) is 0 Å². The smallest absolute Gasteiger partial charge is 0.192 e. The molecule has 0 atom stereocenters. The summed E-state index contributed by atoms with van der Waals surface area (Å²) in [5.74, 6) is 1.67. The Morgan fingerprint density at radius 2 is 1.76 bits per heavy atom. The summed E-state index contributed by atoms with van der Waals surface area (Å²) in [4.78, 5) is 2.37. The van der Waals surface area contributed by atoms with Crippen LogP contribution in [0.2, 0.25) is 18.1 Å². The maximum atomic E-state index is 11.2. The van der Waals surface area contributed by atoms with Gasteiger partial charge in [0.1, 0.15) is 0 Å². The van der Waals surface area contributed by atoms with Crippen molar-refractivity contribution in [3.8, 4) is 0 Å². The highest BCUT2D eigenvalue weighted by atomic mass is 32.2. The van der Waals surface area contributed by atoms with Crippen molar-refractivity contribution in [2.24, 2.45) is 0 Å². The van der Waals surface area contributed by atoms with Crippen LogP contribution >= 0.6 is 0 Å². The van der Waals surface area contributed by atoms with E-state index in [1.807, 2.05) is 0 Å². The fourth-order valence-corrected chi connectivity index (χ4v) is 3.71. The summed E-state index contributed by atoms with van der Waals surface area (Å²) in [5.41, 5.74) is 0. The van der Waals surface area contributed by atoms with Gasteiger partial charge in [0.05, 0.1) is 0 Å². The lowest BCUT2D eigenvalue weighted by Crippen LogP contribution is -2.44. The van der Waals surface area contributed by atoms with E-state index in [1.54, 1.807) is 0 Å². The first-order valence-electron chi connectivity index (χ1n) is 6.44. The van der Waals surface area contributed by atoms with Crippen molar-refractivity contribution in [1.29, 1.82) is 0 Å². The Balaban J connectivity index is 2.26. The third kappa shape index (κ3) is 4.81. The molecule has 0 unspecified atom stereocenters. The van der Waals surface area contributed by atoms with Crippen molar-refractivity contribution >= 4 is 19.1 Å². The zero-order valence-corrected chi connectivity index (χ0v) is 13.7. The number of rotatable bonds is 4. The quantitative estimate of drug-likeness (QED) is 0.737. The first-order chi connectivity index (χ1) is 7.72. The first-order valence-corrected chi connectivity index (χ1v) is 10.8. The summed E-state index contributed by atoms with van der Waals surface area (Å²) in [6.45, 7) is 15.1. The van der Waals surface area contributed by atoms with Gasteiger partial charge in [-0.1, -0.05) is 20.8 Å². The van der Waals surface area contributed by atoms with Crippen LogP contribution in [0.15, 0.2) is 0 Å². The molecular formula is C12H27NO2SSi. The average molecular weight is 278 g/mol. The minimum absolute atomic E-state index is 0.288. The van der Waals surface area contributed by atoms with Gasteiger partial charge >= 0.3 is 0 Å². The van der Waals surface area contributed by atoms with Crippen molar-refractivity contribution in [1.82, 2.24) is 4.90 Å². The maximum absolute atomic E-state index is 11.2. The van der Waals surface area contributed by atoms with Gasteiger partial charge in [0.25, 0.3) is 0 Å². The van der Waals surface area contributed by atoms with Crippen molar-refractivity contribution < 1.29 is 8.63 Å².